The maximum absolute atomic E-state index is 10.1. The molecule has 0 amide bonds. The van der Waals surface area contributed by atoms with Crippen LogP contribution in [0.4, 0.5) is 0 Å². The van der Waals surface area contributed by atoms with Gasteiger partial charge in [-0.1, -0.05) is 6.42 Å². The van der Waals surface area contributed by atoms with Crippen LogP contribution in [-0.4, -0.2) is 23.7 Å². The van der Waals surface area contributed by atoms with Crippen LogP contribution in [-0.2, 0) is 4.79 Å². The Kier molecular flexibility index (Phi) is 18.0. The molecule has 1 atom stereocenters. The summed E-state index contributed by atoms with van der Waals surface area (Å²) < 4.78 is 0. The summed E-state index contributed by atoms with van der Waals surface area (Å²) in [4.78, 5) is 10.1. The minimum Gasteiger partial charge on any atom is -1.00 e. The topological polar surface area (TPSA) is 89.3 Å². The zero-order valence-corrected chi connectivity index (χ0v) is 10.0. The van der Waals surface area contributed by atoms with Crippen molar-refractivity contribution in [3.8, 4) is 0 Å². The van der Waals surface area contributed by atoms with Crippen LogP contribution in [0.5, 0.6) is 0 Å². The largest absolute Gasteiger partial charge is 1.00 e. The molecule has 0 aliphatic carbocycles. The monoisotopic (exact) mass is 204 g/mol. The van der Waals surface area contributed by atoms with Crippen molar-refractivity contribution in [1.29, 1.82) is 0 Å². The molecule has 0 spiro atoms. The van der Waals surface area contributed by atoms with E-state index in [1.54, 1.807) is 0 Å². The van der Waals surface area contributed by atoms with Crippen LogP contribution < -0.4 is 53.4 Å². The van der Waals surface area contributed by atoms with Crippen molar-refractivity contribution in [3.63, 3.8) is 0 Å². The summed E-state index contributed by atoms with van der Waals surface area (Å²) in [6.07, 6.45) is 2.16. The molecule has 0 aromatic heterocycles. The molecule has 12 heavy (non-hydrogen) atoms. The van der Waals surface area contributed by atoms with Gasteiger partial charge in [0.05, 0.1) is 0 Å². The van der Waals surface area contributed by atoms with Crippen molar-refractivity contribution in [2.45, 2.75) is 25.3 Å². The van der Waals surface area contributed by atoms with Gasteiger partial charge >= 0.3 is 35.5 Å². The molecule has 0 radical (unpaired) electrons. The van der Waals surface area contributed by atoms with E-state index in [9.17, 15) is 4.79 Å². The fraction of sp³-hybridized carbons (Fsp3) is 0.833. The third-order valence-electron chi connectivity index (χ3n) is 1.29. The Morgan fingerprint density at radius 3 is 2.25 bits per heavy atom. The molecule has 0 heterocycles. The molecule has 0 aromatic carbocycles. The van der Waals surface area contributed by atoms with Crippen molar-refractivity contribution in [3.05, 3.63) is 0 Å². The summed E-state index contributed by atoms with van der Waals surface area (Å²) in [5, 5.41) is 8.33. The van der Waals surface area contributed by atoms with Crippen LogP contribution in [0.2, 0.25) is 0 Å². The van der Waals surface area contributed by atoms with Gasteiger partial charge in [-0.15, -0.1) is 0 Å². The fourth-order valence-corrected chi connectivity index (χ4v) is 0.632. The van der Waals surface area contributed by atoms with Gasteiger partial charge in [0.1, 0.15) is 6.04 Å². The number of hydrogen-bond acceptors (Lipinski definition) is 3. The second-order valence-electron chi connectivity index (χ2n) is 2.23. The average Bonchev–Trinajstić information content (AvgIpc) is 1.88. The molecule has 0 saturated heterocycles. The molecule has 0 bridgehead atoms. The maximum Gasteiger partial charge on any atom is 1.00 e. The van der Waals surface area contributed by atoms with Crippen LogP contribution in [0, 0.1) is 0 Å². The zero-order valence-electron chi connectivity index (χ0n) is 7.29. The van der Waals surface area contributed by atoms with E-state index in [1.807, 2.05) is 0 Å². The summed E-state index contributed by atoms with van der Waals surface area (Å²) >= 11 is 0. The van der Waals surface area contributed by atoms with E-state index in [1.165, 1.54) is 0 Å². The van der Waals surface area contributed by atoms with Crippen LogP contribution in [0.15, 0.2) is 0 Å². The minimum absolute atomic E-state index is 0. The Balaban J connectivity index is -0.000000405. The molecule has 68 valence electrons. The second kappa shape index (κ2) is 11.7. The molecule has 6 heteroatoms. The molecule has 0 rings (SSSR count). The molecule has 0 saturated carbocycles. The number of carbonyl (C=O) groups is 1. The first kappa shape index (κ1) is 18.5. The number of aliphatic carboxylic acids is 1. The molecule has 0 aromatic rings. The van der Waals surface area contributed by atoms with Gasteiger partial charge in [-0.05, 0) is 19.4 Å². The van der Waals surface area contributed by atoms with Crippen molar-refractivity contribution < 1.29 is 51.9 Å². The second-order valence-corrected chi connectivity index (χ2v) is 2.23. The third kappa shape index (κ3) is 10.7. The number of unbranched alkanes of at least 4 members (excludes halogenated alkanes) is 1. The molecule has 0 aliphatic rings. The molecular formula is C6H14ClN2NaO2. The van der Waals surface area contributed by atoms with Gasteiger partial charge in [-0.25, -0.2) is 0 Å². The molecule has 0 unspecified atom stereocenters. The number of nitrogens with two attached hydrogens (primary N) is 2. The number of carboxylic acid groups (broad SMARTS) is 1. The summed E-state index contributed by atoms with van der Waals surface area (Å²) in [5.41, 5.74) is 10.4. The number of rotatable bonds is 5. The first-order valence-corrected chi connectivity index (χ1v) is 3.37. The van der Waals surface area contributed by atoms with Gasteiger partial charge in [-0.2, -0.15) is 0 Å². The summed E-state index contributed by atoms with van der Waals surface area (Å²) in [6, 6.07) is -0.716. The van der Waals surface area contributed by atoms with Crippen molar-refractivity contribution in [2.24, 2.45) is 11.5 Å². The molecule has 0 aliphatic heterocycles. The van der Waals surface area contributed by atoms with E-state index >= 15 is 0 Å². The van der Waals surface area contributed by atoms with E-state index in [-0.39, 0.29) is 42.0 Å². The standard InChI is InChI=1S/C6H14N2O2.ClH.Na/c7-4-2-1-3-5(8)6(9)10;;/h5H,1-4,7-8H2,(H,9,10);1H;/q;;+1/p-1/t5-;;/m0../s1. The number of carboxylic acids is 1. The van der Waals surface area contributed by atoms with E-state index in [0.717, 1.165) is 12.8 Å². The van der Waals surface area contributed by atoms with Crippen molar-refractivity contribution >= 4 is 5.97 Å². The van der Waals surface area contributed by atoms with Gasteiger partial charge in [0.25, 0.3) is 0 Å². The maximum atomic E-state index is 10.1. The van der Waals surface area contributed by atoms with E-state index < -0.39 is 12.0 Å². The van der Waals surface area contributed by atoms with E-state index in [4.69, 9.17) is 16.6 Å². The Labute approximate surface area is 101 Å². The average molecular weight is 205 g/mol. The van der Waals surface area contributed by atoms with Crippen LogP contribution in [0.25, 0.3) is 0 Å². The molecule has 4 nitrogen and oxygen atoms in total. The summed E-state index contributed by atoms with van der Waals surface area (Å²) in [6.45, 7) is 0.604. The first-order chi connectivity index (χ1) is 4.68. The van der Waals surface area contributed by atoms with Gasteiger partial charge in [0, 0.05) is 0 Å². The van der Waals surface area contributed by atoms with E-state index in [0.29, 0.717) is 13.0 Å². The van der Waals surface area contributed by atoms with Crippen LogP contribution >= 0.6 is 0 Å². The van der Waals surface area contributed by atoms with E-state index in [2.05, 4.69) is 0 Å². The smallest absolute Gasteiger partial charge is 1.00 e. The predicted molar refractivity (Wildman–Crippen MR) is 38.5 cm³/mol. The van der Waals surface area contributed by atoms with Gasteiger partial charge in [-0.3, -0.25) is 4.79 Å². The zero-order chi connectivity index (χ0) is 7.98. The van der Waals surface area contributed by atoms with Gasteiger partial charge < -0.3 is 29.0 Å². The normalized spacial score (nSPS) is 10.8. The third-order valence-corrected chi connectivity index (χ3v) is 1.29. The van der Waals surface area contributed by atoms with Crippen molar-refractivity contribution in [1.82, 2.24) is 0 Å². The minimum atomic E-state index is -0.933. The van der Waals surface area contributed by atoms with Crippen LogP contribution in [0.3, 0.4) is 0 Å². The first-order valence-electron chi connectivity index (χ1n) is 3.37. The van der Waals surface area contributed by atoms with Crippen LogP contribution in [0.1, 0.15) is 19.3 Å². The summed E-state index contributed by atoms with van der Waals surface area (Å²) in [7, 11) is 0. The molecular weight excluding hydrogens is 191 g/mol. The fourth-order valence-electron chi connectivity index (χ4n) is 0.632. The quantitative estimate of drug-likeness (QED) is 0.307. The Hall–Kier alpha value is 0.680. The Bertz CT molecular complexity index is 116. The Morgan fingerprint density at radius 2 is 1.92 bits per heavy atom. The molecule has 0 fully saturated rings. The molecule has 5 N–H and O–H groups in total. The van der Waals surface area contributed by atoms with Gasteiger partial charge in [0.15, 0.2) is 0 Å². The van der Waals surface area contributed by atoms with Crippen molar-refractivity contribution in [2.75, 3.05) is 6.54 Å². The Morgan fingerprint density at radius 1 is 1.42 bits per heavy atom. The SMILES string of the molecule is NCCCC[C@H](N)C(=O)O.[Cl-].[Na+]. The van der Waals surface area contributed by atoms with Gasteiger partial charge in [0.2, 0.25) is 0 Å². The number of halogens is 1. The number of hydrogen-bond donors (Lipinski definition) is 3. The predicted octanol–water partition coefficient (Wildman–Crippen LogP) is -6.46. The summed E-state index contributed by atoms with van der Waals surface area (Å²) in [5.74, 6) is -0.933.